The van der Waals surface area contributed by atoms with Gasteiger partial charge < -0.3 is 10.4 Å². The van der Waals surface area contributed by atoms with Gasteiger partial charge in [-0.05, 0) is 52.9 Å². The molecule has 1 unspecified atom stereocenters. The summed E-state index contributed by atoms with van der Waals surface area (Å²) in [6.07, 6.45) is 5.32. The minimum Gasteiger partial charge on any atom is -0.390 e. The lowest BCUT2D eigenvalue weighted by Crippen LogP contribution is -2.37. The molecule has 0 aliphatic carbocycles. The molecule has 20 heavy (non-hydrogen) atoms. The van der Waals surface area contributed by atoms with Crippen molar-refractivity contribution in [2.75, 3.05) is 19.7 Å². The van der Waals surface area contributed by atoms with Crippen molar-refractivity contribution < 1.29 is 14.7 Å². The molecule has 1 fully saturated rings. The second-order valence-corrected chi connectivity index (χ2v) is 6.39. The van der Waals surface area contributed by atoms with E-state index in [0.29, 0.717) is 13.0 Å². The standard InChI is InChI=1S/C15H30N2O3/c1-13(7-6-9-15(2,3)19)16-14(18)8-11-17-10-4-5-12-20-17/h13,19H,4-12H2,1-3H3,(H,16,18). The molecular formula is C15H30N2O3. The van der Waals surface area contributed by atoms with Crippen LogP contribution in [0.15, 0.2) is 0 Å². The largest absolute Gasteiger partial charge is 0.390 e. The monoisotopic (exact) mass is 286 g/mol. The van der Waals surface area contributed by atoms with Gasteiger partial charge in [0.1, 0.15) is 0 Å². The maximum Gasteiger partial charge on any atom is 0.221 e. The van der Waals surface area contributed by atoms with Crippen molar-refractivity contribution in [3.05, 3.63) is 0 Å². The maximum absolute atomic E-state index is 11.8. The Morgan fingerprint density at radius 1 is 1.45 bits per heavy atom. The molecule has 0 aromatic carbocycles. The fraction of sp³-hybridized carbons (Fsp3) is 0.933. The third kappa shape index (κ3) is 8.51. The van der Waals surface area contributed by atoms with Crippen LogP contribution in [0.5, 0.6) is 0 Å². The van der Waals surface area contributed by atoms with Crippen LogP contribution in [0.2, 0.25) is 0 Å². The van der Waals surface area contributed by atoms with Gasteiger partial charge >= 0.3 is 0 Å². The first kappa shape index (κ1) is 17.4. The van der Waals surface area contributed by atoms with Crippen molar-refractivity contribution in [1.29, 1.82) is 0 Å². The molecule has 1 rings (SSSR count). The summed E-state index contributed by atoms with van der Waals surface area (Å²) in [4.78, 5) is 17.3. The van der Waals surface area contributed by atoms with E-state index in [1.54, 1.807) is 0 Å². The highest BCUT2D eigenvalue weighted by atomic mass is 16.7. The fourth-order valence-corrected chi connectivity index (χ4v) is 2.31. The van der Waals surface area contributed by atoms with E-state index >= 15 is 0 Å². The van der Waals surface area contributed by atoms with Crippen LogP contribution in [0, 0.1) is 0 Å². The van der Waals surface area contributed by atoms with Crippen molar-refractivity contribution in [3.8, 4) is 0 Å². The predicted octanol–water partition coefficient (Wildman–Crippen LogP) is 1.85. The molecule has 0 spiro atoms. The zero-order valence-corrected chi connectivity index (χ0v) is 13.2. The maximum atomic E-state index is 11.8. The second-order valence-electron chi connectivity index (χ2n) is 6.39. The van der Waals surface area contributed by atoms with E-state index in [-0.39, 0.29) is 11.9 Å². The summed E-state index contributed by atoms with van der Waals surface area (Å²) in [5.41, 5.74) is -0.616. The quantitative estimate of drug-likeness (QED) is 0.715. The number of carbonyl (C=O) groups is 1. The summed E-state index contributed by atoms with van der Waals surface area (Å²) in [5.74, 6) is 0.0786. The second kappa shape index (κ2) is 8.60. The highest BCUT2D eigenvalue weighted by Crippen LogP contribution is 2.13. The third-order valence-corrected chi connectivity index (χ3v) is 3.50. The van der Waals surface area contributed by atoms with Crippen LogP contribution in [0.4, 0.5) is 0 Å². The van der Waals surface area contributed by atoms with Crippen molar-refractivity contribution in [1.82, 2.24) is 10.4 Å². The topological polar surface area (TPSA) is 61.8 Å². The predicted molar refractivity (Wildman–Crippen MR) is 79.1 cm³/mol. The summed E-state index contributed by atoms with van der Waals surface area (Å²) < 4.78 is 0. The molecule has 0 aromatic heterocycles. The van der Waals surface area contributed by atoms with Crippen LogP contribution in [-0.4, -0.2) is 47.4 Å². The Morgan fingerprint density at radius 2 is 2.20 bits per heavy atom. The Hall–Kier alpha value is -0.650. The number of nitrogens with zero attached hydrogens (tertiary/aromatic N) is 1. The number of carbonyl (C=O) groups excluding carboxylic acids is 1. The van der Waals surface area contributed by atoms with Crippen molar-refractivity contribution in [2.45, 2.75) is 70.9 Å². The van der Waals surface area contributed by atoms with Crippen LogP contribution in [0.1, 0.15) is 59.3 Å². The fourth-order valence-electron chi connectivity index (χ4n) is 2.31. The van der Waals surface area contributed by atoms with E-state index in [1.807, 2.05) is 25.8 Å². The minimum atomic E-state index is -0.616. The van der Waals surface area contributed by atoms with Gasteiger partial charge in [0, 0.05) is 25.6 Å². The molecule has 1 aliphatic rings. The molecule has 118 valence electrons. The summed E-state index contributed by atoms with van der Waals surface area (Å²) in [6, 6.07) is 0.159. The number of hydroxylamine groups is 2. The van der Waals surface area contributed by atoms with Gasteiger partial charge in [-0.2, -0.15) is 5.06 Å². The summed E-state index contributed by atoms with van der Waals surface area (Å²) in [6.45, 7) is 8.01. The van der Waals surface area contributed by atoms with Crippen molar-refractivity contribution in [3.63, 3.8) is 0 Å². The highest BCUT2D eigenvalue weighted by Gasteiger charge is 2.15. The lowest BCUT2D eigenvalue weighted by molar-refractivity contribution is -0.181. The molecule has 1 atom stereocenters. The number of hydrogen-bond acceptors (Lipinski definition) is 4. The average molecular weight is 286 g/mol. The Balaban J connectivity index is 2.08. The molecule has 0 radical (unpaired) electrons. The molecule has 0 bridgehead atoms. The summed E-state index contributed by atoms with van der Waals surface area (Å²) in [5, 5.41) is 14.5. The molecule has 1 heterocycles. The number of aliphatic hydroxyl groups is 1. The number of nitrogens with one attached hydrogen (secondary N) is 1. The molecule has 1 aliphatic heterocycles. The van der Waals surface area contributed by atoms with Gasteiger partial charge in [-0.3, -0.25) is 9.63 Å². The molecule has 2 N–H and O–H groups in total. The van der Waals surface area contributed by atoms with Crippen LogP contribution in [0.25, 0.3) is 0 Å². The number of rotatable bonds is 8. The van der Waals surface area contributed by atoms with E-state index < -0.39 is 5.60 Å². The van der Waals surface area contributed by atoms with E-state index in [4.69, 9.17) is 4.84 Å². The van der Waals surface area contributed by atoms with E-state index in [2.05, 4.69) is 5.32 Å². The first-order chi connectivity index (χ1) is 9.37. The van der Waals surface area contributed by atoms with Crippen LogP contribution in [0.3, 0.4) is 0 Å². The third-order valence-electron chi connectivity index (χ3n) is 3.50. The number of hydrogen-bond donors (Lipinski definition) is 2. The molecule has 5 nitrogen and oxygen atoms in total. The first-order valence-corrected chi connectivity index (χ1v) is 7.76. The summed E-state index contributed by atoms with van der Waals surface area (Å²) >= 11 is 0. The van der Waals surface area contributed by atoms with Crippen molar-refractivity contribution in [2.24, 2.45) is 0 Å². The van der Waals surface area contributed by atoms with Gasteiger partial charge in [0.05, 0.1) is 12.2 Å². The Kier molecular flexibility index (Phi) is 7.48. The molecule has 0 aromatic rings. The zero-order valence-electron chi connectivity index (χ0n) is 13.2. The smallest absolute Gasteiger partial charge is 0.221 e. The van der Waals surface area contributed by atoms with Crippen molar-refractivity contribution >= 4 is 5.91 Å². The van der Waals surface area contributed by atoms with E-state index in [1.165, 1.54) is 0 Å². The van der Waals surface area contributed by atoms with Crippen LogP contribution >= 0.6 is 0 Å². The van der Waals surface area contributed by atoms with Gasteiger partial charge in [0.15, 0.2) is 0 Å². The minimum absolute atomic E-state index is 0.0786. The zero-order chi connectivity index (χ0) is 15.0. The van der Waals surface area contributed by atoms with Gasteiger partial charge in [0.2, 0.25) is 5.91 Å². The Labute approximate surface area is 122 Å². The first-order valence-electron chi connectivity index (χ1n) is 7.76. The van der Waals surface area contributed by atoms with Gasteiger partial charge in [0.25, 0.3) is 0 Å². The SMILES string of the molecule is CC(CCCC(C)(C)O)NC(=O)CCN1CCCCO1. The average Bonchev–Trinajstić information content (AvgIpc) is 2.36. The molecule has 0 saturated carbocycles. The normalized spacial score (nSPS) is 18.8. The lowest BCUT2D eigenvalue weighted by atomic mass is 10.00. The van der Waals surface area contributed by atoms with Crippen LogP contribution < -0.4 is 5.32 Å². The molecule has 1 amide bonds. The highest BCUT2D eigenvalue weighted by molar-refractivity contribution is 5.76. The molecular weight excluding hydrogens is 256 g/mol. The molecule has 1 saturated heterocycles. The van der Waals surface area contributed by atoms with E-state index in [9.17, 15) is 9.90 Å². The molecule has 5 heteroatoms. The van der Waals surface area contributed by atoms with E-state index in [0.717, 1.165) is 45.3 Å². The summed E-state index contributed by atoms with van der Waals surface area (Å²) in [7, 11) is 0. The number of amides is 1. The van der Waals surface area contributed by atoms with Gasteiger partial charge in [-0.25, -0.2) is 0 Å². The Morgan fingerprint density at radius 3 is 2.80 bits per heavy atom. The lowest BCUT2D eigenvalue weighted by Gasteiger charge is -2.26. The Bertz CT molecular complexity index is 283. The van der Waals surface area contributed by atoms with Gasteiger partial charge in [-0.15, -0.1) is 0 Å². The van der Waals surface area contributed by atoms with Gasteiger partial charge in [-0.1, -0.05) is 0 Å². The van der Waals surface area contributed by atoms with Crippen LogP contribution in [-0.2, 0) is 9.63 Å².